The van der Waals surface area contributed by atoms with Crippen LogP contribution in [0.5, 0.6) is 0 Å². The largest absolute Gasteiger partial charge is 0.385 e. The molecule has 1 fully saturated rings. The van der Waals surface area contributed by atoms with E-state index in [1.54, 1.807) is 7.11 Å². The van der Waals surface area contributed by atoms with Crippen LogP contribution in [0.3, 0.4) is 0 Å². The first kappa shape index (κ1) is 9.66. The lowest BCUT2D eigenvalue weighted by atomic mass is 10.1. The molecule has 1 aromatic rings. The number of hydrogen-bond acceptors (Lipinski definition) is 2. The predicted octanol–water partition coefficient (Wildman–Crippen LogP) is 2.53. The summed E-state index contributed by atoms with van der Waals surface area (Å²) in [6.07, 6.45) is 6.42. The molecular formula is C12H17NO. The van der Waals surface area contributed by atoms with Gasteiger partial charge in [0.25, 0.3) is 0 Å². The summed E-state index contributed by atoms with van der Waals surface area (Å²) in [5.41, 5.74) is 2.67. The first-order valence-electron chi connectivity index (χ1n) is 5.21. The maximum atomic E-state index is 5.08. The Hall–Kier alpha value is -0.890. The molecule has 0 spiro atoms. The van der Waals surface area contributed by atoms with Crippen LogP contribution in [0.4, 0.5) is 0 Å². The van der Waals surface area contributed by atoms with Crippen molar-refractivity contribution in [3.8, 4) is 0 Å². The number of methoxy groups -OCH3 is 1. The summed E-state index contributed by atoms with van der Waals surface area (Å²) < 4.78 is 5.08. The van der Waals surface area contributed by atoms with E-state index in [2.05, 4.69) is 18.0 Å². The fourth-order valence-corrected chi connectivity index (χ4v) is 2.03. The number of aryl methyl sites for hydroxylation is 1. The van der Waals surface area contributed by atoms with E-state index < -0.39 is 0 Å². The van der Waals surface area contributed by atoms with Crippen LogP contribution in [-0.2, 0) is 4.74 Å². The molecule has 14 heavy (non-hydrogen) atoms. The second-order valence-electron chi connectivity index (χ2n) is 4.18. The molecule has 2 rings (SSSR count). The molecule has 0 aromatic carbocycles. The van der Waals surface area contributed by atoms with Gasteiger partial charge in [-0.15, -0.1) is 0 Å². The van der Waals surface area contributed by atoms with Gasteiger partial charge in [0.05, 0.1) is 0 Å². The molecule has 1 heterocycles. The Balaban J connectivity index is 1.92. The molecule has 0 N–H and O–H groups in total. The molecule has 1 saturated carbocycles. The van der Waals surface area contributed by atoms with Crippen LogP contribution in [0.15, 0.2) is 18.5 Å². The molecule has 2 heteroatoms. The van der Waals surface area contributed by atoms with Crippen LogP contribution in [0.25, 0.3) is 0 Å². The molecule has 0 radical (unpaired) electrons. The third-order valence-electron chi connectivity index (χ3n) is 2.94. The van der Waals surface area contributed by atoms with Crippen LogP contribution in [0, 0.1) is 12.8 Å². The summed E-state index contributed by atoms with van der Waals surface area (Å²) >= 11 is 0. The third-order valence-corrected chi connectivity index (χ3v) is 2.94. The maximum Gasteiger partial charge on any atom is 0.0465 e. The van der Waals surface area contributed by atoms with Crippen molar-refractivity contribution in [2.75, 3.05) is 13.7 Å². The molecule has 1 aliphatic rings. The topological polar surface area (TPSA) is 22.1 Å². The monoisotopic (exact) mass is 191 g/mol. The van der Waals surface area contributed by atoms with Crippen LogP contribution in [0.1, 0.15) is 29.9 Å². The Kier molecular flexibility index (Phi) is 2.82. The molecule has 2 atom stereocenters. The zero-order chi connectivity index (χ0) is 9.97. The lowest BCUT2D eigenvalue weighted by Crippen LogP contribution is -1.92. The first-order valence-corrected chi connectivity index (χ1v) is 5.21. The Morgan fingerprint density at radius 2 is 2.36 bits per heavy atom. The lowest BCUT2D eigenvalue weighted by molar-refractivity contribution is 0.189. The molecule has 0 unspecified atom stereocenters. The normalized spacial score (nSPS) is 25.0. The molecular weight excluding hydrogens is 174 g/mol. The van der Waals surface area contributed by atoms with E-state index in [0.717, 1.165) is 18.4 Å². The first-order chi connectivity index (χ1) is 6.81. The number of ether oxygens (including phenoxy) is 1. The minimum absolute atomic E-state index is 0.748. The highest BCUT2D eigenvalue weighted by molar-refractivity contribution is 5.26. The van der Waals surface area contributed by atoms with Gasteiger partial charge in [0.15, 0.2) is 0 Å². The highest BCUT2D eigenvalue weighted by atomic mass is 16.5. The molecule has 1 aliphatic carbocycles. The van der Waals surface area contributed by atoms with Crippen molar-refractivity contribution < 1.29 is 4.74 Å². The fourth-order valence-electron chi connectivity index (χ4n) is 2.03. The Labute approximate surface area is 85.3 Å². The summed E-state index contributed by atoms with van der Waals surface area (Å²) in [7, 11) is 1.77. The number of rotatable bonds is 4. The summed E-state index contributed by atoms with van der Waals surface area (Å²) in [5.74, 6) is 1.58. The van der Waals surface area contributed by atoms with E-state index in [-0.39, 0.29) is 0 Å². The van der Waals surface area contributed by atoms with Crippen LogP contribution in [-0.4, -0.2) is 18.7 Å². The van der Waals surface area contributed by atoms with Crippen molar-refractivity contribution >= 4 is 0 Å². The SMILES string of the molecule is COCC[C@H]1C[C@@H]1c1cncc(C)c1. The van der Waals surface area contributed by atoms with E-state index in [0.29, 0.717) is 0 Å². The summed E-state index contributed by atoms with van der Waals surface area (Å²) in [4.78, 5) is 4.23. The van der Waals surface area contributed by atoms with Crippen LogP contribution >= 0.6 is 0 Å². The van der Waals surface area contributed by atoms with Gasteiger partial charge in [-0.2, -0.15) is 0 Å². The Morgan fingerprint density at radius 3 is 3.07 bits per heavy atom. The maximum absolute atomic E-state index is 5.08. The number of pyridine rings is 1. The summed E-state index contributed by atoms with van der Waals surface area (Å²) in [6.45, 7) is 2.99. The Bertz CT molecular complexity index is 311. The number of aromatic nitrogens is 1. The fraction of sp³-hybridized carbons (Fsp3) is 0.583. The average molecular weight is 191 g/mol. The van der Waals surface area contributed by atoms with Crippen molar-refractivity contribution in [2.45, 2.75) is 25.7 Å². The third kappa shape index (κ3) is 2.13. The van der Waals surface area contributed by atoms with Crippen molar-refractivity contribution in [3.05, 3.63) is 29.6 Å². The minimum atomic E-state index is 0.748. The molecule has 0 amide bonds. The molecule has 0 saturated heterocycles. The zero-order valence-corrected chi connectivity index (χ0v) is 8.86. The van der Waals surface area contributed by atoms with E-state index in [9.17, 15) is 0 Å². The second-order valence-corrected chi connectivity index (χ2v) is 4.18. The van der Waals surface area contributed by atoms with Crippen LogP contribution < -0.4 is 0 Å². The van der Waals surface area contributed by atoms with E-state index in [4.69, 9.17) is 4.74 Å². The Morgan fingerprint density at radius 1 is 1.50 bits per heavy atom. The quantitative estimate of drug-likeness (QED) is 0.729. The predicted molar refractivity (Wildman–Crippen MR) is 56.3 cm³/mol. The average Bonchev–Trinajstić information content (AvgIpc) is 2.94. The van der Waals surface area contributed by atoms with Crippen molar-refractivity contribution in [2.24, 2.45) is 5.92 Å². The van der Waals surface area contributed by atoms with Gasteiger partial charge in [0.2, 0.25) is 0 Å². The summed E-state index contributed by atoms with van der Waals surface area (Å²) in [6, 6.07) is 2.25. The van der Waals surface area contributed by atoms with E-state index >= 15 is 0 Å². The molecule has 76 valence electrons. The standard InChI is InChI=1S/C12H17NO/c1-9-5-11(8-13-7-9)12-6-10(12)3-4-14-2/h5,7-8,10,12H,3-4,6H2,1-2H3/t10-,12-/m0/s1. The van der Waals surface area contributed by atoms with Crippen molar-refractivity contribution in [3.63, 3.8) is 0 Å². The molecule has 2 nitrogen and oxygen atoms in total. The van der Waals surface area contributed by atoms with Gasteiger partial charge >= 0.3 is 0 Å². The number of hydrogen-bond donors (Lipinski definition) is 0. The smallest absolute Gasteiger partial charge is 0.0465 e. The van der Waals surface area contributed by atoms with Crippen molar-refractivity contribution in [1.29, 1.82) is 0 Å². The van der Waals surface area contributed by atoms with E-state index in [1.165, 1.54) is 24.0 Å². The summed E-state index contributed by atoms with van der Waals surface area (Å²) in [5, 5.41) is 0. The highest BCUT2D eigenvalue weighted by Crippen LogP contribution is 2.49. The molecule has 1 aromatic heterocycles. The van der Waals surface area contributed by atoms with Gasteiger partial charge in [0, 0.05) is 26.1 Å². The van der Waals surface area contributed by atoms with Gasteiger partial charge in [-0.05, 0) is 42.7 Å². The van der Waals surface area contributed by atoms with Crippen molar-refractivity contribution in [1.82, 2.24) is 4.98 Å². The van der Waals surface area contributed by atoms with Gasteiger partial charge in [-0.1, -0.05) is 6.07 Å². The second kappa shape index (κ2) is 4.09. The minimum Gasteiger partial charge on any atom is -0.385 e. The zero-order valence-electron chi connectivity index (χ0n) is 8.86. The van der Waals surface area contributed by atoms with E-state index in [1.807, 2.05) is 12.4 Å². The lowest BCUT2D eigenvalue weighted by Gasteiger charge is -2.01. The highest BCUT2D eigenvalue weighted by Gasteiger charge is 2.37. The number of nitrogens with zero attached hydrogens (tertiary/aromatic N) is 1. The van der Waals surface area contributed by atoms with Crippen LogP contribution in [0.2, 0.25) is 0 Å². The van der Waals surface area contributed by atoms with Gasteiger partial charge < -0.3 is 4.74 Å². The molecule has 0 aliphatic heterocycles. The van der Waals surface area contributed by atoms with Gasteiger partial charge in [-0.3, -0.25) is 4.98 Å². The van der Waals surface area contributed by atoms with Gasteiger partial charge in [0.1, 0.15) is 0 Å². The van der Waals surface area contributed by atoms with Gasteiger partial charge in [-0.25, -0.2) is 0 Å². The molecule has 0 bridgehead atoms.